The molecule has 2 aromatic rings. The standard InChI is InChI=1S/C11H9BrN2O/c1-14-10(7-15)6-11(13-14)8-3-2-4-9(12)5-8/h2-7H,1H3. The van der Waals surface area contributed by atoms with Crippen LogP contribution < -0.4 is 0 Å². The summed E-state index contributed by atoms with van der Waals surface area (Å²) in [6.07, 6.45) is 0.800. The minimum atomic E-state index is 0.574. The third kappa shape index (κ3) is 1.99. The van der Waals surface area contributed by atoms with Crippen molar-refractivity contribution < 1.29 is 4.79 Å². The molecule has 0 atom stereocenters. The summed E-state index contributed by atoms with van der Waals surface area (Å²) >= 11 is 3.40. The summed E-state index contributed by atoms with van der Waals surface area (Å²) in [6.45, 7) is 0. The monoisotopic (exact) mass is 264 g/mol. The number of halogens is 1. The van der Waals surface area contributed by atoms with Gasteiger partial charge in [0.05, 0.1) is 5.69 Å². The number of carbonyl (C=O) groups excluding carboxylic acids is 1. The average Bonchev–Trinajstić information content (AvgIpc) is 2.60. The van der Waals surface area contributed by atoms with Crippen LogP contribution in [0.25, 0.3) is 11.3 Å². The largest absolute Gasteiger partial charge is 0.296 e. The fraction of sp³-hybridized carbons (Fsp3) is 0.0909. The van der Waals surface area contributed by atoms with E-state index in [1.54, 1.807) is 17.8 Å². The molecule has 0 aliphatic heterocycles. The van der Waals surface area contributed by atoms with Gasteiger partial charge in [-0.3, -0.25) is 9.48 Å². The lowest BCUT2D eigenvalue weighted by atomic mass is 10.1. The number of aromatic nitrogens is 2. The van der Waals surface area contributed by atoms with Gasteiger partial charge in [0, 0.05) is 17.1 Å². The van der Waals surface area contributed by atoms with Crippen molar-refractivity contribution in [3.63, 3.8) is 0 Å². The second-order valence-corrected chi connectivity index (χ2v) is 4.12. The van der Waals surface area contributed by atoms with Crippen molar-refractivity contribution in [1.82, 2.24) is 9.78 Å². The zero-order valence-electron chi connectivity index (χ0n) is 8.14. The van der Waals surface area contributed by atoms with Gasteiger partial charge in [-0.25, -0.2) is 0 Å². The van der Waals surface area contributed by atoms with E-state index in [4.69, 9.17) is 0 Å². The zero-order valence-corrected chi connectivity index (χ0v) is 9.73. The van der Waals surface area contributed by atoms with Crippen molar-refractivity contribution in [1.29, 1.82) is 0 Å². The van der Waals surface area contributed by atoms with Crippen LogP contribution >= 0.6 is 15.9 Å². The molecular formula is C11H9BrN2O. The van der Waals surface area contributed by atoms with E-state index in [9.17, 15) is 4.79 Å². The second-order valence-electron chi connectivity index (χ2n) is 3.21. The number of carbonyl (C=O) groups is 1. The third-order valence-electron chi connectivity index (χ3n) is 2.16. The molecule has 0 spiro atoms. The Bertz CT molecular complexity index is 505. The number of aryl methyl sites for hydroxylation is 1. The van der Waals surface area contributed by atoms with Crippen LogP contribution in [0, 0.1) is 0 Å². The fourth-order valence-electron chi connectivity index (χ4n) is 1.38. The van der Waals surface area contributed by atoms with Crippen LogP contribution in [-0.2, 0) is 7.05 Å². The molecule has 0 amide bonds. The second kappa shape index (κ2) is 3.98. The number of nitrogens with zero attached hydrogens (tertiary/aromatic N) is 2. The number of aldehydes is 1. The molecule has 4 heteroatoms. The fourth-order valence-corrected chi connectivity index (χ4v) is 1.78. The highest BCUT2D eigenvalue weighted by atomic mass is 79.9. The molecule has 0 saturated heterocycles. The van der Waals surface area contributed by atoms with Crippen molar-refractivity contribution in [3.05, 3.63) is 40.5 Å². The maximum atomic E-state index is 10.7. The third-order valence-corrected chi connectivity index (χ3v) is 2.65. The van der Waals surface area contributed by atoms with Gasteiger partial charge in [-0.05, 0) is 18.2 Å². The van der Waals surface area contributed by atoms with Crippen LogP contribution in [0.4, 0.5) is 0 Å². The van der Waals surface area contributed by atoms with Crippen LogP contribution in [0.3, 0.4) is 0 Å². The van der Waals surface area contributed by atoms with Crippen molar-refractivity contribution in [2.75, 3.05) is 0 Å². The number of hydrogen-bond acceptors (Lipinski definition) is 2. The molecular weight excluding hydrogens is 256 g/mol. The highest BCUT2D eigenvalue weighted by Gasteiger charge is 2.06. The van der Waals surface area contributed by atoms with Gasteiger partial charge in [-0.2, -0.15) is 5.10 Å². The van der Waals surface area contributed by atoms with Crippen LogP contribution in [0.15, 0.2) is 34.8 Å². The summed E-state index contributed by atoms with van der Waals surface area (Å²) in [5.74, 6) is 0. The number of benzene rings is 1. The Morgan fingerprint density at radius 1 is 1.40 bits per heavy atom. The molecule has 0 saturated carbocycles. The smallest absolute Gasteiger partial charge is 0.168 e. The van der Waals surface area contributed by atoms with E-state index in [0.29, 0.717) is 5.69 Å². The summed E-state index contributed by atoms with van der Waals surface area (Å²) in [6, 6.07) is 9.59. The molecule has 3 nitrogen and oxygen atoms in total. The summed E-state index contributed by atoms with van der Waals surface area (Å²) in [7, 11) is 1.76. The first-order chi connectivity index (χ1) is 7.20. The molecule has 0 unspecified atom stereocenters. The predicted octanol–water partition coefficient (Wildman–Crippen LogP) is 2.66. The van der Waals surface area contributed by atoms with E-state index in [2.05, 4.69) is 21.0 Å². The summed E-state index contributed by atoms with van der Waals surface area (Å²) in [5, 5.41) is 4.26. The van der Waals surface area contributed by atoms with Gasteiger partial charge >= 0.3 is 0 Å². The lowest BCUT2D eigenvalue weighted by Crippen LogP contribution is -1.95. The van der Waals surface area contributed by atoms with Crippen LogP contribution in [0.2, 0.25) is 0 Å². The Morgan fingerprint density at radius 2 is 2.20 bits per heavy atom. The van der Waals surface area contributed by atoms with E-state index < -0.39 is 0 Å². The summed E-state index contributed by atoms with van der Waals surface area (Å²) in [4.78, 5) is 10.7. The SMILES string of the molecule is Cn1nc(-c2cccc(Br)c2)cc1C=O. The van der Waals surface area contributed by atoms with Gasteiger partial charge in [0.2, 0.25) is 0 Å². The van der Waals surface area contributed by atoms with E-state index in [1.807, 2.05) is 24.3 Å². The minimum Gasteiger partial charge on any atom is -0.296 e. The number of hydrogen-bond donors (Lipinski definition) is 0. The minimum absolute atomic E-state index is 0.574. The Kier molecular flexibility index (Phi) is 2.68. The molecule has 0 N–H and O–H groups in total. The zero-order chi connectivity index (χ0) is 10.8. The molecule has 2 rings (SSSR count). The summed E-state index contributed by atoms with van der Waals surface area (Å²) in [5.41, 5.74) is 2.37. The predicted molar refractivity (Wildman–Crippen MR) is 61.7 cm³/mol. The molecule has 0 aliphatic rings. The van der Waals surface area contributed by atoms with E-state index >= 15 is 0 Å². The van der Waals surface area contributed by atoms with Gasteiger partial charge in [0.25, 0.3) is 0 Å². The first kappa shape index (κ1) is 10.1. The molecule has 1 aromatic heterocycles. The average molecular weight is 265 g/mol. The van der Waals surface area contributed by atoms with Gasteiger partial charge in [0.1, 0.15) is 5.69 Å². The molecule has 1 aromatic carbocycles. The normalized spacial score (nSPS) is 10.3. The molecule has 15 heavy (non-hydrogen) atoms. The first-order valence-corrected chi connectivity index (χ1v) is 5.25. The van der Waals surface area contributed by atoms with E-state index in [0.717, 1.165) is 22.0 Å². The quantitative estimate of drug-likeness (QED) is 0.782. The molecule has 0 fully saturated rings. The van der Waals surface area contributed by atoms with Crippen LogP contribution in [0.5, 0.6) is 0 Å². The van der Waals surface area contributed by atoms with E-state index in [1.165, 1.54) is 0 Å². The summed E-state index contributed by atoms with van der Waals surface area (Å²) < 4.78 is 2.57. The topological polar surface area (TPSA) is 34.9 Å². The van der Waals surface area contributed by atoms with Gasteiger partial charge in [0.15, 0.2) is 6.29 Å². The Morgan fingerprint density at radius 3 is 2.80 bits per heavy atom. The van der Waals surface area contributed by atoms with E-state index in [-0.39, 0.29) is 0 Å². The lowest BCUT2D eigenvalue weighted by molar-refractivity contribution is 0.111. The van der Waals surface area contributed by atoms with Gasteiger partial charge in [-0.1, -0.05) is 28.1 Å². The molecule has 0 bridgehead atoms. The maximum absolute atomic E-state index is 10.7. The Hall–Kier alpha value is -1.42. The maximum Gasteiger partial charge on any atom is 0.168 e. The molecule has 76 valence electrons. The molecule has 1 heterocycles. The highest BCUT2D eigenvalue weighted by Crippen LogP contribution is 2.21. The highest BCUT2D eigenvalue weighted by molar-refractivity contribution is 9.10. The van der Waals surface area contributed by atoms with Crippen molar-refractivity contribution >= 4 is 22.2 Å². The van der Waals surface area contributed by atoms with Gasteiger partial charge in [-0.15, -0.1) is 0 Å². The van der Waals surface area contributed by atoms with Gasteiger partial charge < -0.3 is 0 Å². The Labute approximate surface area is 95.9 Å². The number of rotatable bonds is 2. The van der Waals surface area contributed by atoms with Crippen molar-refractivity contribution in [2.24, 2.45) is 7.05 Å². The lowest BCUT2D eigenvalue weighted by Gasteiger charge is -1.96. The first-order valence-electron chi connectivity index (χ1n) is 4.46. The van der Waals surface area contributed by atoms with Crippen molar-refractivity contribution in [2.45, 2.75) is 0 Å². The van der Waals surface area contributed by atoms with Crippen molar-refractivity contribution in [3.8, 4) is 11.3 Å². The Balaban J connectivity index is 2.49. The molecule has 0 radical (unpaired) electrons. The molecule has 0 aliphatic carbocycles. The van der Waals surface area contributed by atoms with Crippen LogP contribution in [-0.4, -0.2) is 16.1 Å². The van der Waals surface area contributed by atoms with Crippen LogP contribution in [0.1, 0.15) is 10.5 Å².